The van der Waals surface area contributed by atoms with Gasteiger partial charge in [-0.25, -0.2) is 13.5 Å². The molecule has 1 amide bonds. The van der Waals surface area contributed by atoms with Gasteiger partial charge in [-0.2, -0.15) is 5.10 Å². The van der Waals surface area contributed by atoms with Crippen LogP contribution in [0.5, 0.6) is 0 Å². The summed E-state index contributed by atoms with van der Waals surface area (Å²) in [5, 5.41) is 9.47. The summed E-state index contributed by atoms with van der Waals surface area (Å²) in [7, 11) is -3.25. The van der Waals surface area contributed by atoms with Crippen molar-refractivity contribution in [2.24, 2.45) is 0 Å². The first-order chi connectivity index (χ1) is 10.1. The minimum absolute atomic E-state index is 0.0526. The summed E-state index contributed by atoms with van der Waals surface area (Å²) in [6.07, 6.45) is 1.11. The highest BCUT2D eigenvalue weighted by Gasteiger charge is 2.27. The summed E-state index contributed by atoms with van der Waals surface area (Å²) in [6, 6.07) is 6.60. The number of aromatic nitrogens is 2. The second kappa shape index (κ2) is 5.53. The molecule has 2 N–H and O–H groups in total. The number of carbonyl (C=O) groups excluding carboxylic acids is 1. The van der Waals surface area contributed by atoms with Gasteiger partial charge >= 0.3 is 0 Å². The minimum atomic E-state index is -3.25. The standard InChI is InChI=1S/C14H17N3O4S/c1-14(2,8-22(3,20)21)15-13(19)11-9-6-4-5-7-10(9)12(18)17-16-11/h4-7H,8H2,1-3H3,(H,15,19)(H,17,18). The fourth-order valence-corrected chi connectivity index (χ4v) is 3.73. The highest BCUT2D eigenvalue weighted by molar-refractivity contribution is 7.90. The van der Waals surface area contributed by atoms with E-state index in [0.29, 0.717) is 10.8 Å². The number of hydrogen-bond donors (Lipinski definition) is 2. The number of benzene rings is 1. The summed E-state index contributed by atoms with van der Waals surface area (Å²) < 4.78 is 22.8. The number of aromatic amines is 1. The smallest absolute Gasteiger partial charge is 0.272 e. The Morgan fingerprint density at radius 2 is 1.86 bits per heavy atom. The lowest BCUT2D eigenvalue weighted by atomic mass is 10.1. The summed E-state index contributed by atoms with van der Waals surface area (Å²) in [4.78, 5) is 24.1. The highest BCUT2D eigenvalue weighted by atomic mass is 32.2. The van der Waals surface area contributed by atoms with E-state index in [1.54, 1.807) is 38.1 Å². The second-order valence-electron chi connectivity index (χ2n) is 5.86. The van der Waals surface area contributed by atoms with Crippen LogP contribution in [0.3, 0.4) is 0 Å². The normalized spacial score (nSPS) is 12.3. The van der Waals surface area contributed by atoms with Crippen LogP contribution in [-0.4, -0.2) is 42.1 Å². The maximum absolute atomic E-state index is 12.4. The molecule has 0 atom stereocenters. The first kappa shape index (κ1) is 16.2. The van der Waals surface area contributed by atoms with E-state index in [0.717, 1.165) is 6.26 Å². The SMILES string of the molecule is CC(C)(CS(C)(=O)=O)NC(=O)c1n[nH]c(=O)c2ccccc12. The molecule has 2 aromatic rings. The lowest BCUT2D eigenvalue weighted by molar-refractivity contribution is 0.0916. The molecule has 0 bridgehead atoms. The van der Waals surface area contributed by atoms with Gasteiger partial charge in [-0.1, -0.05) is 18.2 Å². The van der Waals surface area contributed by atoms with E-state index >= 15 is 0 Å². The van der Waals surface area contributed by atoms with Gasteiger partial charge in [0.05, 0.1) is 11.1 Å². The van der Waals surface area contributed by atoms with Crippen molar-refractivity contribution in [1.82, 2.24) is 15.5 Å². The first-order valence-corrected chi connectivity index (χ1v) is 8.63. The topological polar surface area (TPSA) is 109 Å². The van der Waals surface area contributed by atoms with Gasteiger partial charge in [-0.05, 0) is 19.9 Å². The van der Waals surface area contributed by atoms with Crippen molar-refractivity contribution in [3.63, 3.8) is 0 Å². The molecule has 0 aliphatic rings. The molecule has 0 fully saturated rings. The molecular weight excluding hydrogens is 306 g/mol. The number of nitrogens with one attached hydrogen (secondary N) is 2. The number of amides is 1. The molecule has 7 nitrogen and oxygen atoms in total. The number of hydrogen-bond acceptors (Lipinski definition) is 5. The average molecular weight is 323 g/mol. The van der Waals surface area contributed by atoms with Gasteiger partial charge < -0.3 is 5.32 Å². The van der Waals surface area contributed by atoms with E-state index in [4.69, 9.17) is 0 Å². The van der Waals surface area contributed by atoms with Crippen LogP contribution in [0.1, 0.15) is 24.3 Å². The van der Waals surface area contributed by atoms with Crippen molar-refractivity contribution in [1.29, 1.82) is 0 Å². The molecule has 0 saturated heterocycles. The molecule has 1 aromatic carbocycles. The molecule has 0 aliphatic carbocycles. The zero-order chi connectivity index (χ0) is 16.5. The molecule has 0 radical (unpaired) electrons. The molecule has 1 heterocycles. The van der Waals surface area contributed by atoms with E-state index in [-0.39, 0.29) is 17.0 Å². The lowest BCUT2D eigenvalue weighted by Gasteiger charge is -2.25. The summed E-state index contributed by atoms with van der Waals surface area (Å²) in [5.74, 6) is -0.742. The van der Waals surface area contributed by atoms with E-state index in [1.165, 1.54) is 0 Å². The van der Waals surface area contributed by atoms with Gasteiger partial charge in [0.2, 0.25) is 0 Å². The Balaban J connectivity index is 2.39. The molecule has 118 valence electrons. The highest BCUT2D eigenvalue weighted by Crippen LogP contribution is 2.14. The van der Waals surface area contributed by atoms with Crippen molar-refractivity contribution in [2.45, 2.75) is 19.4 Å². The number of sulfone groups is 1. The first-order valence-electron chi connectivity index (χ1n) is 6.57. The Hall–Kier alpha value is -2.22. The summed E-state index contributed by atoms with van der Waals surface area (Å²) in [6.45, 7) is 3.22. The van der Waals surface area contributed by atoms with Crippen molar-refractivity contribution in [3.05, 3.63) is 40.3 Å². The molecule has 1 aromatic heterocycles. The Morgan fingerprint density at radius 1 is 1.27 bits per heavy atom. The Labute approximate surface area is 127 Å². The average Bonchev–Trinajstić information content (AvgIpc) is 2.35. The zero-order valence-electron chi connectivity index (χ0n) is 12.5. The largest absolute Gasteiger partial charge is 0.345 e. The third kappa shape index (κ3) is 3.70. The Kier molecular flexibility index (Phi) is 4.06. The van der Waals surface area contributed by atoms with Crippen LogP contribution < -0.4 is 10.9 Å². The Bertz CT molecular complexity index is 884. The third-order valence-electron chi connectivity index (χ3n) is 2.99. The predicted octanol–water partition coefficient (Wildman–Crippen LogP) is 0.476. The van der Waals surface area contributed by atoms with Crippen molar-refractivity contribution in [3.8, 4) is 0 Å². The molecule has 8 heteroatoms. The van der Waals surface area contributed by atoms with Gasteiger partial charge in [-0.3, -0.25) is 9.59 Å². The molecule has 0 saturated carbocycles. The Morgan fingerprint density at radius 3 is 2.45 bits per heavy atom. The van der Waals surface area contributed by atoms with Crippen LogP contribution in [-0.2, 0) is 9.84 Å². The second-order valence-corrected chi connectivity index (χ2v) is 8.00. The molecule has 0 aliphatic heterocycles. The monoisotopic (exact) mass is 323 g/mol. The van der Waals surface area contributed by atoms with Crippen molar-refractivity contribution in [2.75, 3.05) is 12.0 Å². The van der Waals surface area contributed by atoms with Crippen molar-refractivity contribution >= 4 is 26.5 Å². The summed E-state index contributed by atoms with van der Waals surface area (Å²) >= 11 is 0. The summed E-state index contributed by atoms with van der Waals surface area (Å²) in [5.41, 5.74) is -1.29. The van der Waals surface area contributed by atoms with Crippen LogP contribution in [0.25, 0.3) is 10.8 Å². The van der Waals surface area contributed by atoms with Crippen molar-refractivity contribution < 1.29 is 13.2 Å². The van der Waals surface area contributed by atoms with Crippen LogP contribution >= 0.6 is 0 Å². The van der Waals surface area contributed by atoms with Crippen LogP contribution in [0.4, 0.5) is 0 Å². The number of rotatable bonds is 4. The van der Waals surface area contributed by atoms with Gasteiger partial charge in [-0.15, -0.1) is 0 Å². The maximum Gasteiger partial charge on any atom is 0.272 e. The number of fused-ring (bicyclic) bond motifs is 1. The number of nitrogens with zero attached hydrogens (tertiary/aromatic N) is 1. The maximum atomic E-state index is 12.4. The molecular formula is C14H17N3O4S. The molecule has 22 heavy (non-hydrogen) atoms. The van der Waals surface area contributed by atoms with Crippen LogP contribution in [0.15, 0.2) is 29.1 Å². The van der Waals surface area contributed by atoms with Gasteiger partial charge in [0.25, 0.3) is 11.5 Å². The van der Waals surface area contributed by atoms with Gasteiger partial charge in [0, 0.05) is 17.2 Å². The van der Waals surface area contributed by atoms with Gasteiger partial charge in [0.1, 0.15) is 9.84 Å². The molecule has 0 spiro atoms. The number of carbonyl (C=O) groups is 1. The fourth-order valence-electron chi connectivity index (χ4n) is 2.35. The van der Waals surface area contributed by atoms with E-state index in [2.05, 4.69) is 15.5 Å². The van der Waals surface area contributed by atoms with E-state index in [1.807, 2.05) is 0 Å². The molecule has 0 unspecified atom stereocenters. The van der Waals surface area contributed by atoms with E-state index < -0.39 is 21.3 Å². The molecule has 2 rings (SSSR count). The predicted molar refractivity (Wildman–Crippen MR) is 83.6 cm³/mol. The third-order valence-corrected chi connectivity index (χ3v) is 4.23. The fraction of sp³-hybridized carbons (Fsp3) is 0.357. The zero-order valence-corrected chi connectivity index (χ0v) is 13.3. The number of H-pyrrole nitrogens is 1. The van der Waals surface area contributed by atoms with Crippen LogP contribution in [0, 0.1) is 0 Å². The van der Waals surface area contributed by atoms with Crippen LogP contribution in [0.2, 0.25) is 0 Å². The quantitative estimate of drug-likeness (QED) is 0.850. The van der Waals surface area contributed by atoms with Gasteiger partial charge in [0.15, 0.2) is 5.69 Å². The van der Waals surface area contributed by atoms with E-state index in [9.17, 15) is 18.0 Å². The lowest BCUT2D eigenvalue weighted by Crippen LogP contribution is -2.48. The minimum Gasteiger partial charge on any atom is -0.345 e.